The molecule has 1 aromatic carbocycles. The van der Waals surface area contributed by atoms with Crippen LogP contribution in [0.1, 0.15) is 28.2 Å². The Morgan fingerprint density at radius 2 is 1.82 bits per heavy atom. The Labute approximate surface area is 215 Å². The average Bonchev–Trinajstić information content (AvgIpc) is 3.58. The fourth-order valence-electron chi connectivity index (χ4n) is 4.01. The lowest BCUT2D eigenvalue weighted by molar-refractivity contribution is -0.274. The molecule has 0 unspecified atom stereocenters. The molecule has 38 heavy (non-hydrogen) atoms. The van der Waals surface area contributed by atoms with Gasteiger partial charge in [-0.3, -0.25) is 14.3 Å². The van der Waals surface area contributed by atoms with E-state index in [0.29, 0.717) is 17.8 Å². The number of ether oxygens (including phenoxy) is 1. The van der Waals surface area contributed by atoms with Crippen molar-refractivity contribution in [2.75, 3.05) is 0 Å². The van der Waals surface area contributed by atoms with E-state index in [-0.39, 0.29) is 17.5 Å². The van der Waals surface area contributed by atoms with Crippen LogP contribution >= 0.6 is 0 Å². The van der Waals surface area contributed by atoms with Gasteiger partial charge in [0, 0.05) is 35.9 Å². The molecule has 4 heterocycles. The molecule has 0 spiro atoms. The molecular weight excluding hydrogens is 499 g/mol. The number of nitrogens with zero attached hydrogens (tertiary/aromatic N) is 7. The minimum absolute atomic E-state index is 0.208. The predicted octanol–water partition coefficient (Wildman–Crippen LogP) is 5.08. The van der Waals surface area contributed by atoms with Crippen LogP contribution in [0.15, 0.2) is 59.4 Å². The SMILES string of the molecule is Cc1c(CCc2cc(Cn3nc(-c4nc(-c5ccc(OC(F)(F)F)cc5)no4)cc3C)ccn2)cnn1C. The van der Waals surface area contributed by atoms with E-state index in [1.165, 1.54) is 29.8 Å². The molecule has 0 aliphatic rings. The van der Waals surface area contributed by atoms with Gasteiger partial charge in [-0.05, 0) is 80.3 Å². The molecule has 9 nitrogen and oxygen atoms in total. The van der Waals surface area contributed by atoms with Gasteiger partial charge >= 0.3 is 6.36 Å². The van der Waals surface area contributed by atoms with E-state index in [1.807, 2.05) is 41.7 Å². The van der Waals surface area contributed by atoms with E-state index in [9.17, 15) is 13.2 Å². The van der Waals surface area contributed by atoms with Crippen LogP contribution in [0.5, 0.6) is 5.75 Å². The maximum absolute atomic E-state index is 12.4. The van der Waals surface area contributed by atoms with E-state index in [2.05, 4.69) is 43.0 Å². The number of halogens is 3. The van der Waals surface area contributed by atoms with Crippen molar-refractivity contribution in [3.8, 4) is 28.7 Å². The summed E-state index contributed by atoms with van der Waals surface area (Å²) in [4.78, 5) is 8.87. The number of aromatic nitrogens is 7. The summed E-state index contributed by atoms with van der Waals surface area (Å²) in [6, 6.07) is 11.1. The van der Waals surface area contributed by atoms with Crippen LogP contribution in [-0.4, -0.2) is 41.0 Å². The molecule has 196 valence electrons. The zero-order chi connectivity index (χ0) is 26.9. The summed E-state index contributed by atoms with van der Waals surface area (Å²) >= 11 is 0. The first-order chi connectivity index (χ1) is 18.1. The van der Waals surface area contributed by atoms with Gasteiger partial charge in [0.15, 0.2) is 5.69 Å². The zero-order valence-electron chi connectivity index (χ0n) is 20.9. The molecule has 5 aromatic rings. The molecular formula is C26H24F3N7O2. The predicted molar refractivity (Wildman–Crippen MR) is 131 cm³/mol. The van der Waals surface area contributed by atoms with E-state index in [4.69, 9.17) is 4.52 Å². The van der Waals surface area contributed by atoms with Crippen molar-refractivity contribution in [2.24, 2.45) is 7.05 Å². The molecule has 0 atom stereocenters. The van der Waals surface area contributed by atoms with Gasteiger partial charge in [-0.1, -0.05) is 5.16 Å². The Bertz CT molecular complexity index is 1550. The molecule has 0 N–H and O–H groups in total. The molecule has 0 saturated heterocycles. The third kappa shape index (κ3) is 5.74. The Morgan fingerprint density at radius 1 is 1.03 bits per heavy atom. The second-order valence-corrected chi connectivity index (χ2v) is 8.86. The number of aryl methyl sites for hydroxylation is 4. The summed E-state index contributed by atoms with van der Waals surface area (Å²) in [5, 5.41) is 12.9. The van der Waals surface area contributed by atoms with E-state index < -0.39 is 6.36 Å². The van der Waals surface area contributed by atoms with Gasteiger partial charge in [-0.2, -0.15) is 15.2 Å². The van der Waals surface area contributed by atoms with Crippen molar-refractivity contribution in [1.29, 1.82) is 0 Å². The lowest BCUT2D eigenvalue weighted by atomic mass is 10.1. The lowest BCUT2D eigenvalue weighted by Crippen LogP contribution is -2.16. The number of pyridine rings is 1. The van der Waals surface area contributed by atoms with Gasteiger partial charge in [0.25, 0.3) is 5.89 Å². The van der Waals surface area contributed by atoms with Crippen LogP contribution in [0.2, 0.25) is 0 Å². The van der Waals surface area contributed by atoms with Crippen molar-refractivity contribution >= 4 is 0 Å². The molecule has 0 radical (unpaired) electrons. The van der Waals surface area contributed by atoms with E-state index >= 15 is 0 Å². The minimum atomic E-state index is -4.76. The fourth-order valence-corrected chi connectivity index (χ4v) is 4.01. The van der Waals surface area contributed by atoms with Crippen LogP contribution in [0.3, 0.4) is 0 Å². The molecule has 0 fully saturated rings. The Hall–Kier alpha value is -4.48. The van der Waals surface area contributed by atoms with Gasteiger partial charge in [0.2, 0.25) is 5.82 Å². The third-order valence-electron chi connectivity index (χ3n) is 6.17. The van der Waals surface area contributed by atoms with E-state index in [0.717, 1.165) is 35.5 Å². The highest BCUT2D eigenvalue weighted by Crippen LogP contribution is 2.27. The first-order valence-corrected chi connectivity index (χ1v) is 11.8. The molecule has 0 aliphatic heterocycles. The number of hydrogen-bond acceptors (Lipinski definition) is 7. The highest BCUT2D eigenvalue weighted by molar-refractivity contribution is 5.59. The average molecular weight is 524 g/mol. The normalized spacial score (nSPS) is 11.7. The summed E-state index contributed by atoms with van der Waals surface area (Å²) in [6.45, 7) is 4.52. The van der Waals surface area contributed by atoms with Crippen LogP contribution in [0.4, 0.5) is 13.2 Å². The number of hydrogen-bond donors (Lipinski definition) is 0. The van der Waals surface area contributed by atoms with Crippen LogP contribution in [0.25, 0.3) is 23.0 Å². The Morgan fingerprint density at radius 3 is 2.53 bits per heavy atom. The largest absolute Gasteiger partial charge is 0.573 e. The van der Waals surface area contributed by atoms with Gasteiger partial charge in [0.05, 0.1) is 12.7 Å². The monoisotopic (exact) mass is 523 g/mol. The molecule has 5 rings (SSSR count). The summed E-state index contributed by atoms with van der Waals surface area (Å²) in [6.07, 6.45) is 0.606. The van der Waals surface area contributed by atoms with Gasteiger partial charge in [-0.15, -0.1) is 13.2 Å². The highest BCUT2D eigenvalue weighted by Gasteiger charge is 2.31. The van der Waals surface area contributed by atoms with Gasteiger partial charge in [0.1, 0.15) is 5.75 Å². The van der Waals surface area contributed by atoms with Gasteiger partial charge in [-0.25, -0.2) is 0 Å². The van der Waals surface area contributed by atoms with Crippen molar-refractivity contribution in [2.45, 2.75) is 39.6 Å². The maximum atomic E-state index is 12.4. The smallest absolute Gasteiger partial charge is 0.406 e. The zero-order valence-corrected chi connectivity index (χ0v) is 20.9. The number of rotatable bonds is 8. The Kier molecular flexibility index (Phi) is 6.70. The van der Waals surface area contributed by atoms with Crippen LogP contribution in [0, 0.1) is 13.8 Å². The van der Waals surface area contributed by atoms with Crippen molar-refractivity contribution < 1.29 is 22.4 Å². The summed E-state index contributed by atoms with van der Waals surface area (Å²) in [7, 11) is 1.93. The molecule has 0 saturated carbocycles. The van der Waals surface area contributed by atoms with Crippen molar-refractivity contribution in [1.82, 2.24) is 34.7 Å². The van der Waals surface area contributed by atoms with Crippen molar-refractivity contribution in [3.63, 3.8) is 0 Å². The first kappa shape index (κ1) is 25.2. The second kappa shape index (κ2) is 10.1. The second-order valence-electron chi connectivity index (χ2n) is 8.86. The van der Waals surface area contributed by atoms with E-state index in [1.54, 1.807) is 6.20 Å². The molecule has 12 heteroatoms. The fraction of sp³-hybridized carbons (Fsp3) is 0.269. The standard InChI is InChI=1S/C26H24F3N7O2/c1-16-12-23(25-32-24(34-38-25)19-5-8-22(9-6-19)37-26(27,28)29)33-36(16)15-18-10-11-30-21(13-18)7-4-20-14-31-35(3)17(20)2/h5-6,8-14H,4,7,15H2,1-3H3. The summed E-state index contributed by atoms with van der Waals surface area (Å²) in [5.74, 6) is 0.110. The Balaban J connectivity index is 1.27. The maximum Gasteiger partial charge on any atom is 0.573 e. The number of alkyl halides is 3. The molecule has 0 aliphatic carbocycles. The third-order valence-corrected chi connectivity index (χ3v) is 6.17. The highest BCUT2D eigenvalue weighted by atomic mass is 19.4. The first-order valence-electron chi connectivity index (χ1n) is 11.8. The quantitative estimate of drug-likeness (QED) is 0.280. The van der Waals surface area contributed by atoms with Gasteiger partial charge < -0.3 is 9.26 Å². The summed E-state index contributed by atoms with van der Waals surface area (Å²) in [5.41, 5.74) is 6.29. The summed E-state index contributed by atoms with van der Waals surface area (Å²) < 4.78 is 50.1. The topological polar surface area (TPSA) is 96.7 Å². The molecule has 0 amide bonds. The molecule has 0 bridgehead atoms. The number of benzene rings is 1. The lowest BCUT2D eigenvalue weighted by Gasteiger charge is -2.08. The molecule has 4 aromatic heterocycles. The van der Waals surface area contributed by atoms with Crippen molar-refractivity contribution in [3.05, 3.63) is 83.1 Å². The van der Waals surface area contributed by atoms with Crippen LogP contribution in [-0.2, 0) is 26.4 Å². The minimum Gasteiger partial charge on any atom is -0.406 e. The van der Waals surface area contributed by atoms with Crippen LogP contribution < -0.4 is 4.74 Å².